The van der Waals surface area contributed by atoms with Gasteiger partial charge in [0.2, 0.25) is 0 Å². The molecular formula is C15H18F3N3S. The van der Waals surface area contributed by atoms with Crippen LogP contribution < -0.4 is 16.2 Å². The van der Waals surface area contributed by atoms with E-state index in [4.69, 9.17) is 12.2 Å². The predicted octanol–water partition coefficient (Wildman–Crippen LogP) is 3.69. The van der Waals surface area contributed by atoms with Gasteiger partial charge in [0, 0.05) is 6.04 Å². The molecule has 3 atom stereocenters. The first-order valence-electron chi connectivity index (χ1n) is 7.42. The number of hydrazine groups is 1. The summed E-state index contributed by atoms with van der Waals surface area (Å²) in [5.41, 5.74) is 4.48. The molecule has 0 heterocycles. The third kappa shape index (κ3) is 3.29. The third-order valence-electron chi connectivity index (χ3n) is 4.60. The van der Waals surface area contributed by atoms with Gasteiger partial charge in [0.15, 0.2) is 5.11 Å². The number of nitrogens with one attached hydrogen (secondary N) is 3. The van der Waals surface area contributed by atoms with Gasteiger partial charge < -0.3 is 5.32 Å². The van der Waals surface area contributed by atoms with Crippen molar-refractivity contribution in [2.24, 2.45) is 11.8 Å². The Kier molecular flexibility index (Phi) is 4.16. The standard InChI is InChI=1S/C15H18F3N3S/c16-15(17,18)11-3-1-2-4-12(11)20-21-14(22)19-13-8-9-5-6-10(13)7-9/h1-4,9-10,13,20H,5-8H2,(H2,19,21,22)/t9-,10-,13-/m1/s1. The van der Waals surface area contributed by atoms with Crippen molar-refractivity contribution >= 4 is 23.0 Å². The Morgan fingerprint density at radius 2 is 1.91 bits per heavy atom. The van der Waals surface area contributed by atoms with Crippen LogP contribution in [0.15, 0.2) is 24.3 Å². The number of benzene rings is 1. The highest BCUT2D eigenvalue weighted by molar-refractivity contribution is 7.80. The van der Waals surface area contributed by atoms with Crippen molar-refractivity contribution in [3.63, 3.8) is 0 Å². The molecule has 0 aliphatic heterocycles. The Morgan fingerprint density at radius 3 is 2.55 bits per heavy atom. The van der Waals surface area contributed by atoms with E-state index in [0.717, 1.165) is 18.4 Å². The van der Waals surface area contributed by atoms with E-state index in [2.05, 4.69) is 16.2 Å². The molecule has 0 saturated heterocycles. The Bertz CT molecular complexity index is 561. The average Bonchev–Trinajstić information content (AvgIpc) is 3.07. The van der Waals surface area contributed by atoms with Gasteiger partial charge in [-0.05, 0) is 55.4 Å². The highest BCUT2D eigenvalue weighted by atomic mass is 32.1. The molecule has 0 radical (unpaired) electrons. The molecule has 2 fully saturated rings. The maximum atomic E-state index is 12.9. The van der Waals surface area contributed by atoms with Gasteiger partial charge in [0.1, 0.15) is 0 Å². The summed E-state index contributed by atoms with van der Waals surface area (Å²) in [5.74, 6) is 1.43. The van der Waals surface area contributed by atoms with Crippen molar-refractivity contribution in [2.45, 2.75) is 37.9 Å². The lowest BCUT2D eigenvalue weighted by Gasteiger charge is -2.25. The highest BCUT2D eigenvalue weighted by Crippen LogP contribution is 2.44. The smallest absolute Gasteiger partial charge is 0.358 e. The van der Waals surface area contributed by atoms with Gasteiger partial charge in [-0.1, -0.05) is 18.6 Å². The summed E-state index contributed by atoms with van der Waals surface area (Å²) in [6, 6.07) is 5.66. The van der Waals surface area contributed by atoms with E-state index in [1.807, 2.05) is 0 Å². The summed E-state index contributed by atoms with van der Waals surface area (Å²) in [6.07, 6.45) is 0.455. The van der Waals surface area contributed by atoms with Crippen LogP contribution in [0.3, 0.4) is 0 Å². The lowest BCUT2D eigenvalue weighted by Crippen LogP contribution is -2.46. The second-order valence-corrected chi connectivity index (χ2v) is 6.46. The second-order valence-electron chi connectivity index (χ2n) is 6.05. The molecule has 0 unspecified atom stereocenters. The van der Waals surface area contributed by atoms with Crippen molar-refractivity contribution in [1.82, 2.24) is 10.7 Å². The molecule has 3 nitrogen and oxygen atoms in total. The molecule has 0 aromatic heterocycles. The van der Waals surface area contributed by atoms with Crippen LogP contribution in [0.25, 0.3) is 0 Å². The molecule has 2 aliphatic carbocycles. The maximum Gasteiger partial charge on any atom is 0.418 e. The number of anilines is 1. The molecule has 2 saturated carbocycles. The van der Waals surface area contributed by atoms with Gasteiger partial charge in [0.25, 0.3) is 0 Å². The second kappa shape index (κ2) is 5.95. The number of alkyl halides is 3. The van der Waals surface area contributed by atoms with Crippen LogP contribution in [0.1, 0.15) is 31.2 Å². The molecule has 0 amide bonds. The molecule has 3 rings (SSSR count). The number of para-hydroxylation sites is 1. The Morgan fingerprint density at radius 1 is 1.14 bits per heavy atom. The van der Waals surface area contributed by atoms with Crippen molar-refractivity contribution in [3.8, 4) is 0 Å². The predicted molar refractivity (Wildman–Crippen MR) is 83.2 cm³/mol. The molecular weight excluding hydrogens is 311 g/mol. The topological polar surface area (TPSA) is 36.1 Å². The quantitative estimate of drug-likeness (QED) is 0.584. The van der Waals surface area contributed by atoms with E-state index in [1.54, 1.807) is 6.07 Å². The number of rotatable bonds is 3. The first kappa shape index (κ1) is 15.4. The van der Waals surface area contributed by atoms with Crippen molar-refractivity contribution < 1.29 is 13.2 Å². The lowest BCUT2D eigenvalue weighted by molar-refractivity contribution is -0.137. The largest absolute Gasteiger partial charge is 0.418 e. The fourth-order valence-corrected chi connectivity index (χ4v) is 3.79. The normalized spacial score (nSPS) is 26.8. The van der Waals surface area contributed by atoms with Gasteiger partial charge >= 0.3 is 6.18 Å². The van der Waals surface area contributed by atoms with Crippen LogP contribution in [0.4, 0.5) is 18.9 Å². The van der Waals surface area contributed by atoms with Crippen molar-refractivity contribution in [1.29, 1.82) is 0 Å². The zero-order valence-corrected chi connectivity index (χ0v) is 12.7. The van der Waals surface area contributed by atoms with Gasteiger partial charge in [-0.3, -0.25) is 10.9 Å². The summed E-state index contributed by atoms with van der Waals surface area (Å²) in [6.45, 7) is 0. The fraction of sp³-hybridized carbons (Fsp3) is 0.533. The molecule has 120 valence electrons. The zero-order chi connectivity index (χ0) is 15.7. The van der Waals surface area contributed by atoms with Crippen molar-refractivity contribution in [2.75, 3.05) is 5.43 Å². The Hall–Kier alpha value is -1.50. The van der Waals surface area contributed by atoms with Crippen LogP contribution in [-0.4, -0.2) is 11.2 Å². The van der Waals surface area contributed by atoms with E-state index in [-0.39, 0.29) is 5.69 Å². The van der Waals surface area contributed by atoms with Crippen LogP contribution in [0.5, 0.6) is 0 Å². The van der Waals surface area contributed by atoms with E-state index in [9.17, 15) is 13.2 Å². The minimum absolute atomic E-state index is 0.0351. The number of hydrogen-bond acceptors (Lipinski definition) is 2. The summed E-state index contributed by atoms with van der Waals surface area (Å²) in [7, 11) is 0. The monoisotopic (exact) mass is 329 g/mol. The molecule has 1 aromatic rings. The van der Waals surface area contributed by atoms with E-state index < -0.39 is 11.7 Å². The fourth-order valence-electron chi connectivity index (χ4n) is 3.59. The van der Waals surface area contributed by atoms with Crippen LogP contribution >= 0.6 is 12.2 Å². The molecule has 0 spiro atoms. The van der Waals surface area contributed by atoms with Crippen LogP contribution in [0, 0.1) is 11.8 Å². The van der Waals surface area contributed by atoms with Gasteiger partial charge in [-0.2, -0.15) is 13.2 Å². The highest BCUT2D eigenvalue weighted by Gasteiger charge is 2.39. The summed E-state index contributed by atoms with van der Waals surface area (Å²) >= 11 is 5.18. The van der Waals surface area contributed by atoms with Crippen LogP contribution in [-0.2, 0) is 6.18 Å². The summed E-state index contributed by atoms with van der Waals surface area (Å²) in [4.78, 5) is 0. The van der Waals surface area contributed by atoms with E-state index in [1.165, 1.54) is 31.4 Å². The summed E-state index contributed by atoms with van der Waals surface area (Å²) in [5, 5.41) is 3.56. The Labute approximate surface area is 132 Å². The lowest BCUT2D eigenvalue weighted by atomic mass is 9.96. The Balaban J connectivity index is 1.55. The first-order chi connectivity index (χ1) is 10.4. The van der Waals surface area contributed by atoms with E-state index >= 15 is 0 Å². The van der Waals surface area contributed by atoms with Gasteiger partial charge in [0.05, 0.1) is 11.3 Å². The van der Waals surface area contributed by atoms with Crippen LogP contribution in [0.2, 0.25) is 0 Å². The van der Waals surface area contributed by atoms with Gasteiger partial charge in [-0.15, -0.1) is 0 Å². The third-order valence-corrected chi connectivity index (χ3v) is 4.82. The van der Waals surface area contributed by atoms with Crippen molar-refractivity contribution in [3.05, 3.63) is 29.8 Å². The molecule has 2 aliphatic rings. The zero-order valence-electron chi connectivity index (χ0n) is 11.9. The van der Waals surface area contributed by atoms with E-state index in [0.29, 0.717) is 17.1 Å². The molecule has 1 aromatic carbocycles. The number of hydrogen-bond donors (Lipinski definition) is 3. The number of thiocarbonyl (C=S) groups is 1. The molecule has 22 heavy (non-hydrogen) atoms. The molecule has 7 heteroatoms. The first-order valence-corrected chi connectivity index (χ1v) is 7.83. The minimum Gasteiger partial charge on any atom is -0.358 e. The molecule has 2 bridgehead atoms. The number of halogens is 3. The molecule has 3 N–H and O–H groups in total. The minimum atomic E-state index is -4.40. The summed E-state index contributed by atoms with van der Waals surface area (Å²) < 4.78 is 38.7. The maximum absolute atomic E-state index is 12.9. The number of fused-ring (bicyclic) bond motifs is 2. The van der Waals surface area contributed by atoms with Gasteiger partial charge in [-0.25, -0.2) is 0 Å². The average molecular weight is 329 g/mol. The SMILES string of the molecule is FC(F)(F)c1ccccc1NNC(=S)N[C@@H]1C[C@@H]2CC[C@@H]1C2.